The number of furan rings is 1. The quantitative estimate of drug-likeness (QED) is 0.903. The Balaban J connectivity index is 1.79. The lowest BCUT2D eigenvalue weighted by Gasteiger charge is -2.32. The zero-order valence-electron chi connectivity index (χ0n) is 11.7. The highest BCUT2D eigenvalue weighted by Gasteiger charge is 2.41. The second-order valence-electron chi connectivity index (χ2n) is 5.24. The summed E-state index contributed by atoms with van der Waals surface area (Å²) in [6.45, 7) is 5.14. The Labute approximate surface area is 117 Å². The smallest absolute Gasteiger partial charge is 0.391 e. The molecular formula is C14H21F3N2O. The van der Waals surface area contributed by atoms with Gasteiger partial charge in [0.2, 0.25) is 0 Å². The molecule has 2 heterocycles. The van der Waals surface area contributed by atoms with Gasteiger partial charge in [-0.1, -0.05) is 6.92 Å². The fourth-order valence-corrected chi connectivity index (χ4v) is 2.49. The minimum Gasteiger partial charge on any atom is -0.463 e. The maximum absolute atomic E-state index is 12.6. The van der Waals surface area contributed by atoms with Gasteiger partial charge in [0.25, 0.3) is 0 Å². The molecule has 114 valence electrons. The molecule has 0 atom stereocenters. The second-order valence-corrected chi connectivity index (χ2v) is 5.24. The minimum atomic E-state index is -4.05. The van der Waals surface area contributed by atoms with E-state index >= 15 is 0 Å². The van der Waals surface area contributed by atoms with Gasteiger partial charge in [-0.25, -0.2) is 0 Å². The standard InChI is InChI=1S/C14H21F3N2O/c1-2-18-9-12-3-4-13(20-12)10-19-7-5-11(6-8-19)14(15,16)17/h3-4,11,18H,2,5-10H2,1H3. The van der Waals surface area contributed by atoms with Crippen LogP contribution in [0.25, 0.3) is 0 Å². The van der Waals surface area contributed by atoms with Gasteiger partial charge in [0.15, 0.2) is 0 Å². The van der Waals surface area contributed by atoms with Crippen LogP contribution in [0.4, 0.5) is 13.2 Å². The van der Waals surface area contributed by atoms with Crippen LogP contribution in [0.5, 0.6) is 0 Å². The van der Waals surface area contributed by atoms with Crippen molar-refractivity contribution < 1.29 is 17.6 Å². The van der Waals surface area contributed by atoms with Crippen LogP contribution in [0.15, 0.2) is 16.5 Å². The molecule has 1 fully saturated rings. The molecule has 1 aliphatic rings. The van der Waals surface area contributed by atoms with Gasteiger partial charge in [0.05, 0.1) is 19.0 Å². The molecule has 2 rings (SSSR count). The maximum atomic E-state index is 12.6. The number of nitrogens with zero attached hydrogens (tertiary/aromatic N) is 1. The van der Waals surface area contributed by atoms with E-state index < -0.39 is 12.1 Å². The van der Waals surface area contributed by atoms with Crippen molar-refractivity contribution in [2.24, 2.45) is 5.92 Å². The highest BCUT2D eigenvalue weighted by Crippen LogP contribution is 2.34. The molecule has 20 heavy (non-hydrogen) atoms. The summed E-state index contributed by atoms with van der Waals surface area (Å²) in [6.07, 6.45) is -3.67. The van der Waals surface area contributed by atoms with Crippen LogP contribution in [0.3, 0.4) is 0 Å². The molecule has 0 amide bonds. The average Bonchev–Trinajstić information content (AvgIpc) is 2.83. The number of halogens is 3. The normalized spacial score (nSPS) is 18.6. The van der Waals surface area contributed by atoms with E-state index in [0.29, 0.717) is 26.2 Å². The summed E-state index contributed by atoms with van der Waals surface area (Å²) in [5.74, 6) is 0.551. The van der Waals surface area contributed by atoms with Crippen LogP contribution in [0.2, 0.25) is 0 Å². The molecule has 6 heteroatoms. The molecule has 3 nitrogen and oxygen atoms in total. The largest absolute Gasteiger partial charge is 0.463 e. The minimum absolute atomic E-state index is 0.189. The predicted octanol–water partition coefficient (Wildman–Crippen LogP) is 3.16. The number of rotatable bonds is 5. The van der Waals surface area contributed by atoms with Gasteiger partial charge in [-0.3, -0.25) is 4.90 Å². The van der Waals surface area contributed by atoms with Gasteiger partial charge in [-0.2, -0.15) is 13.2 Å². The van der Waals surface area contributed by atoms with Crippen molar-refractivity contribution >= 4 is 0 Å². The van der Waals surface area contributed by atoms with E-state index in [-0.39, 0.29) is 12.8 Å². The lowest BCUT2D eigenvalue weighted by Crippen LogP contribution is -2.38. The van der Waals surface area contributed by atoms with Crippen LogP contribution in [-0.2, 0) is 13.1 Å². The summed E-state index contributed by atoms with van der Waals surface area (Å²) in [6, 6.07) is 3.82. The Morgan fingerprint density at radius 2 is 1.90 bits per heavy atom. The van der Waals surface area contributed by atoms with Gasteiger partial charge in [-0.05, 0) is 44.6 Å². The lowest BCUT2D eigenvalue weighted by molar-refractivity contribution is -0.185. The third-order valence-electron chi connectivity index (χ3n) is 3.70. The van der Waals surface area contributed by atoms with Crippen LogP contribution in [0.1, 0.15) is 31.3 Å². The molecule has 0 radical (unpaired) electrons. The first-order chi connectivity index (χ1) is 9.49. The Morgan fingerprint density at radius 1 is 1.25 bits per heavy atom. The number of hydrogen-bond acceptors (Lipinski definition) is 3. The molecule has 0 unspecified atom stereocenters. The van der Waals surface area contributed by atoms with Crippen molar-refractivity contribution in [3.05, 3.63) is 23.7 Å². The van der Waals surface area contributed by atoms with Crippen molar-refractivity contribution in [2.75, 3.05) is 19.6 Å². The molecule has 0 saturated carbocycles. The molecule has 1 aromatic rings. The van der Waals surface area contributed by atoms with E-state index in [1.807, 2.05) is 24.0 Å². The van der Waals surface area contributed by atoms with E-state index in [1.165, 1.54) is 0 Å². The third-order valence-corrected chi connectivity index (χ3v) is 3.70. The monoisotopic (exact) mass is 290 g/mol. The summed E-state index contributed by atoms with van der Waals surface area (Å²) in [4.78, 5) is 2.03. The van der Waals surface area contributed by atoms with Gasteiger partial charge < -0.3 is 9.73 Å². The molecule has 1 aliphatic heterocycles. The molecule has 1 saturated heterocycles. The molecule has 1 aromatic heterocycles. The highest BCUT2D eigenvalue weighted by atomic mass is 19.4. The van der Waals surface area contributed by atoms with Crippen LogP contribution >= 0.6 is 0 Å². The topological polar surface area (TPSA) is 28.4 Å². The summed E-state index contributed by atoms with van der Waals surface area (Å²) in [7, 11) is 0. The van der Waals surface area contributed by atoms with Crippen molar-refractivity contribution in [1.82, 2.24) is 10.2 Å². The molecule has 0 spiro atoms. The summed E-state index contributed by atoms with van der Waals surface area (Å²) in [5, 5.41) is 3.17. The first-order valence-corrected chi connectivity index (χ1v) is 7.06. The molecule has 1 N–H and O–H groups in total. The van der Waals surface area contributed by atoms with Crippen molar-refractivity contribution in [3.63, 3.8) is 0 Å². The first-order valence-electron chi connectivity index (χ1n) is 7.06. The van der Waals surface area contributed by atoms with Gasteiger partial charge in [0, 0.05) is 0 Å². The Morgan fingerprint density at radius 3 is 2.50 bits per heavy atom. The Hall–Kier alpha value is -1.01. The number of alkyl halides is 3. The molecule has 0 aliphatic carbocycles. The maximum Gasteiger partial charge on any atom is 0.391 e. The number of piperidine rings is 1. The van der Waals surface area contributed by atoms with Gasteiger partial charge in [-0.15, -0.1) is 0 Å². The summed E-state index contributed by atoms with van der Waals surface area (Å²) >= 11 is 0. The Bertz CT molecular complexity index is 409. The van der Waals surface area contributed by atoms with E-state index in [9.17, 15) is 13.2 Å². The van der Waals surface area contributed by atoms with E-state index in [4.69, 9.17) is 4.42 Å². The second kappa shape index (κ2) is 6.63. The van der Waals surface area contributed by atoms with E-state index in [0.717, 1.165) is 18.1 Å². The number of hydrogen-bond donors (Lipinski definition) is 1. The summed E-state index contributed by atoms with van der Waals surface area (Å²) < 4.78 is 43.4. The average molecular weight is 290 g/mol. The van der Waals surface area contributed by atoms with Crippen LogP contribution in [-0.4, -0.2) is 30.7 Å². The molecule has 0 bridgehead atoms. The molecular weight excluding hydrogens is 269 g/mol. The van der Waals surface area contributed by atoms with E-state index in [1.54, 1.807) is 0 Å². The zero-order chi connectivity index (χ0) is 14.6. The SMILES string of the molecule is CCNCc1ccc(CN2CCC(C(F)(F)F)CC2)o1. The predicted molar refractivity (Wildman–Crippen MR) is 70.1 cm³/mol. The fraction of sp³-hybridized carbons (Fsp3) is 0.714. The van der Waals surface area contributed by atoms with E-state index in [2.05, 4.69) is 5.32 Å². The van der Waals surface area contributed by atoms with Crippen molar-refractivity contribution in [3.8, 4) is 0 Å². The summed E-state index contributed by atoms with van der Waals surface area (Å²) in [5.41, 5.74) is 0. The zero-order valence-corrected chi connectivity index (χ0v) is 11.7. The van der Waals surface area contributed by atoms with Crippen molar-refractivity contribution in [1.29, 1.82) is 0 Å². The van der Waals surface area contributed by atoms with Crippen molar-refractivity contribution in [2.45, 2.75) is 39.0 Å². The van der Waals surface area contributed by atoms with Crippen LogP contribution in [0, 0.1) is 5.92 Å². The lowest BCUT2D eigenvalue weighted by atomic mass is 9.96. The van der Waals surface area contributed by atoms with Crippen LogP contribution < -0.4 is 5.32 Å². The first kappa shape index (κ1) is 15.4. The third kappa shape index (κ3) is 4.24. The number of nitrogens with one attached hydrogen (secondary N) is 1. The molecule has 0 aromatic carbocycles. The fourth-order valence-electron chi connectivity index (χ4n) is 2.49. The highest BCUT2D eigenvalue weighted by molar-refractivity contribution is 5.07. The van der Waals surface area contributed by atoms with Gasteiger partial charge in [0.1, 0.15) is 11.5 Å². The van der Waals surface area contributed by atoms with Gasteiger partial charge >= 0.3 is 6.18 Å². The number of likely N-dealkylation sites (tertiary alicyclic amines) is 1. The Kier molecular flexibility index (Phi) is 5.10.